The minimum Gasteiger partial charge on any atom is -0.822 e. The Kier molecular flexibility index (Phi) is 32.5. The summed E-state index contributed by atoms with van der Waals surface area (Å²) in [5.41, 5.74) is 0. The van der Waals surface area contributed by atoms with Crippen molar-refractivity contribution in [2.45, 2.75) is 0 Å². The molecule has 0 aromatic rings. The maximum Gasteiger partial charge on any atom is 1.00 e. The van der Waals surface area contributed by atoms with Crippen molar-refractivity contribution in [3.8, 4) is 0 Å². The van der Waals surface area contributed by atoms with Gasteiger partial charge in [0.25, 0.3) is 0 Å². The molecule has 23 heavy (non-hydrogen) atoms. The molecule has 0 atom stereocenters. The Morgan fingerprint density at radius 3 is 0.478 bits per heavy atom. The van der Waals surface area contributed by atoms with Gasteiger partial charge in [-0.15, -0.1) is 0 Å². The van der Waals surface area contributed by atoms with Crippen molar-refractivity contribution < 1.29 is 89.8 Å². The molecule has 0 aliphatic heterocycles. The normalized spacial score (nSPS) is 10.3. The fourth-order valence-corrected chi connectivity index (χ4v) is 0. The highest BCUT2D eigenvalue weighted by Gasteiger charge is 2.00. The van der Waals surface area contributed by atoms with Gasteiger partial charge < -0.3 is 90.9 Å². The maximum absolute atomic E-state index is 8.88. The van der Waals surface area contributed by atoms with Crippen molar-refractivity contribution >= 4 is 31.3 Å². The molecule has 23 heteroatoms. The fourth-order valence-electron chi connectivity index (χ4n) is 0. The van der Waals surface area contributed by atoms with Crippen LogP contribution in [0.5, 0.6) is 0 Å². The highest BCUT2D eigenvalue weighted by atomic mass is 31.2. The van der Waals surface area contributed by atoms with Crippen LogP contribution in [0.15, 0.2) is 0 Å². The van der Waals surface area contributed by atoms with Crippen LogP contribution in [0.4, 0.5) is 0 Å². The summed E-state index contributed by atoms with van der Waals surface area (Å²) >= 11 is 0. The lowest BCUT2D eigenvalue weighted by atomic mass is 14.0. The molecule has 19 nitrogen and oxygen atoms in total. The Hall–Kier alpha value is 0.320. The summed E-state index contributed by atoms with van der Waals surface area (Å²) < 4.78 is 34.5. The summed E-state index contributed by atoms with van der Waals surface area (Å²) in [6, 6.07) is 0. The quantitative estimate of drug-likeness (QED) is 0.189. The molecule has 0 bridgehead atoms. The topological polar surface area (TPSA) is 442 Å². The number of phosphoric acid groups is 4. The molecule has 0 radical (unpaired) electrons. The van der Waals surface area contributed by atoms with E-state index in [9.17, 15) is 0 Å². The zero-order valence-corrected chi connectivity index (χ0v) is 14.1. The Labute approximate surface area is 141 Å². The van der Waals surface area contributed by atoms with Crippen LogP contribution in [-0.4, -0.2) is 14.7 Å². The van der Waals surface area contributed by atoms with Crippen LogP contribution in [0, 0.1) is 0 Å². The molecule has 0 unspecified atom stereocenters. The lowest BCUT2D eigenvalue weighted by Gasteiger charge is -2.36. The molecule has 0 rings (SSSR count). The van der Waals surface area contributed by atoms with E-state index in [4.69, 9.17) is 77.0 Å². The summed E-state index contributed by atoms with van der Waals surface area (Å²) in [5.74, 6) is 0. The molecule has 0 spiro atoms. The molecule has 0 amide bonds. The highest BCUT2D eigenvalue weighted by Crippen LogP contribution is 2.25. The number of hydrogen-bond acceptors (Lipinski definition) is 16. The third kappa shape index (κ3) is 90000. The van der Waals surface area contributed by atoms with Crippen LogP contribution >= 0.6 is 31.3 Å². The molecule has 0 aliphatic carbocycles. The van der Waals surface area contributed by atoms with Crippen molar-refractivity contribution in [2.75, 3.05) is 0 Å². The predicted molar refractivity (Wildman–Crippen MR) is 62.2 cm³/mol. The summed E-state index contributed by atoms with van der Waals surface area (Å²) in [7, 11) is -20.8. The van der Waals surface area contributed by atoms with Crippen molar-refractivity contribution in [3.63, 3.8) is 0 Å². The fraction of sp³-hybridized carbons (Fsp3) is 0. The van der Waals surface area contributed by atoms with Crippen molar-refractivity contribution in [1.29, 1.82) is 0 Å². The molecule has 0 aliphatic rings. The second-order valence-corrected chi connectivity index (χ2v) is 5.56. The van der Waals surface area contributed by atoms with Crippen LogP contribution in [0.25, 0.3) is 0 Å². The SMILES string of the molecule is N.N.N.O=P(O)(O)O.O=P([O-])([O-])[O-].O=P([O-])([O-])[O-].O=P([O-])([O-])[O-].[H+].[H+].[H+].[H+].[H+].[H+].[H+].[H+].[H+]. The van der Waals surface area contributed by atoms with Gasteiger partial charge in [0, 0.05) is 0 Å². The van der Waals surface area contributed by atoms with Crippen molar-refractivity contribution in [2.24, 2.45) is 0 Å². The molecule has 0 aromatic carbocycles. The molecule has 0 heterocycles. The Balaban J connectivity index is -0.00000000677. The number of hydrogen-bond donors (Lipinski definition) is 6. The Morgan fingerprint density at radius 1 is 0.478 bits per heavy atom. The van der Waals surface area contributed by atoms with Gasteiger partial charge in [-0.25, -0.2) is 4.57 Å². The summed E-state index contributed by atoms with van der Waals surface area (Å²) in [5, 5.41) is 0. The van der Waals surface area contributed by atoms with Gasteiger partial charge in [0.2, 0.25) is 0 Å². The minimum absolute atomic E-state index is 0. The third-order valence-corrected chi connectivity index (χ3v) is 0. The van der Waals surface area contributed by atoms with E-state index in [1.807, 2.05) is 0 Å². The number of rotatable bonds is 0. The highest BCUT2D eigenvalue weighted by molar-refractivity contribution is 7.45. The van der Waals surface area contributed by atoms with Gasteiger partial charge in [-0.05, 0) is 0 Å². The van der Waals surface area contributed by atoms with Crippen LogP contribution in [0.2, 0.25) is 0 Å². The second kappa shape index (κ2) is 17.2. The monoisotopic (exact) mass is 443 g/mol. The van der Waals surface area contributed by atoms with Gasteiger partial charge in [-0.2, -0.15) is 23.5 Å². The average molecular weight is 443 g/mol. The van der Waals surface area contributed by atoms with Crippen LogP contribution in [0.3, 0.4) is 0 Å². The maximum atomic E-state index is 8.88. The van der Waals surface area contributed by atoms with Crippen molar-refractivity contribution in [3.05, 3.63) is 0 Å². The molecular formula is H21N3O16P4. The molecule has 12 N–H and O–H groups in total. The second-order valence-electron chi connectivity index (χ2n) is 1.85. The average Bonchev–Trinajstić information content (AvgIpc) is 1.62. The first-order chi connectivity index (χ1) is 8.00. The van der Waals surface area contributed by atoms with Gasteiger partial charge in [-0.1, -0.05) is 0 Å². The third-order valence-electron chi connectivity index (χ3n) is 0. The Morgan fingerprint density at radius 2 is 0.478 bits per heavy atom. The van der Waals surface area contributed by atoms with E-state index >= 15 is 0 Å². The molecule has 0 aromatic heterocycles. The smallest absolute Gasteiger partial charge is 0.822 e. The Bertz CT molecular complexity index is 319. The molecular weight excluding hydrogens is 422 g/mol. The van der Waals surface area contributed by atoms with E-state index in [1.165, 1.54) is 0 Å². The van der Waals surface area contributed by atoms with E-state index in [1.54, 1.807) is 0 Å². The molecule has 0 saturated carbocycles. The van der Waals surface area contributed by atoms with Gasteiger partial charge >= 0.3 is 20.7 Å². The zero-order valence-electron chi connectivity index (χ0n) is 19.6. The first-order valence-electron chi connectivity index (χ1n) is 2.97. The lowest BCUT2D eigenvalue weighted by molar-refractivity contribution is -0.434. The minimum atomic E-state index is -5.39. The van der Waals surface area contributed by atoms with Crippen LogP contribution in [-0.2, 0) is 18.3 Å². The van der Waals surface area contributed by atoms with Gasteiger partial charge in [0.05, 0.1) is 0 Å². The summed E-state index contributed by atoms with van der Waals surface area (Å²) in [6.45, 7) is 0. The van der Waals surface area contributed by atoms with Crippen LogP contribution in [0.1, 0.15) is 12.8 Å². The lowest BCUT2D eigenvalue weighted by Crippen LogP contribution is -2.24. The summed E-state index contributed by atoms with van der Waals surface area (Å²) in [4.78, 5) is 98.5. The predicted octanol–water partition coefficient (Wildman–Crippen LogP) is -7.90. The summed E-state index contributed by atoms with van der Waals surface area (Å²) in [6.07, 6.45) is 0. The van der Waals surface area contributed by atoms with Gasteiger partial charge in [-0.3, -0.25) is 0 Å². The van der Waals surface area contributed by atoms with E-state index in [-0.39, 0.29) is 31.3 Å². The van der Waals surface area contributed by atoms with Crippen molar-refractivity contribution in [1.82, 2.24) is 18.5 Å². The molecule has 0 fully saturated rings. The van der Waals surface area contributed by atoms with E-state index in [2.05, 4.69) is 0 Å². The largest absolute Gasteiger partial charge is 1.00 e. The van der Waals surface area contributed by atoms with Gasteiger partial charge in [0.1, 0.15) is 0 Å². The van der Waals surface area contributed by atoms with Gasteiger partial charge in [0.15, 0.2) is 0 Å². The molecule has 0 saturated heterocycles. The first-order valence-corrected chi connectivity index (χ1v) is 8.92. The van der Waals surface area contributed by atoms with E-state index in [0.717, 1.165) is 0 Å². The standard InChI is InChI=1S/3H3N.4H3O4P/c;;;4*1-5(2,3)4/h3*1H3;4*(H3,1,2,3,4). The molecule has 152 valence electrons. The van der Waals surface area contributed by atoms with E-state index < -0.39 is 31.3 Å². The first kappa shape index (κ1) is 43.6. The zero-order chi connectivity index (χ0) is 18.0. The van der Waals surface area contributed by atoms with Crippen LogP contribution < -0.4 is 62.5 Å². The van der Waals surface area contributed by atoms with E-state index in [0.29, 0.717) is 0 Å².